The van der Waals surface area contributed by atoms with Crippen molar-refractivity contribution in [2.24, 2.45) is 0 Å². The molecule has 1 aromatic carbocycles. The molecule has 35 heavy (non-hydrogen) atoms. The second-order valence-electron chi connectivity index (χ2n) is 9.07. The van der Waals surface area contributed by atoms with Gasteiger partial charge < -0.3 is 25.1 Å². The first-order valence-corrected chi connectivity index (χ1v) is 11.9. The molecule has 9 heteroatoms. The summed E-state index contributed by atoms with van der Waals surface area (Å²) in [4.78, 5) is 26.0. The third-order valence-corrected chi connectivity index (χ3v) is 6.65. The highest BCUT2D eigenvalue weighted by Crippen LogP contribution is 2.50. The number of pyridine rings is 2. The fourth-order valence-electron chi connectivity index (χ4n) is 4.74. The third-order valence-electron chi connectivity index (χ3n) is 6.35. The van der Waals surface area contributed by atoms with Gasteiger partial charge in [0.1, 0.15) is 5.52 Å². The molecule has 1 aliphatic heterocycles. The number of para-hydroxylation sites is 1. The molecule has 0 saturated heterocycles. The molecule has 0 radical (unpaired) electrons. The van der Waals surface area contributed by atoms with Crippen molar-refractivity contribution in [3.05, 3.63) is 58.9 Å². The summed E-state index contributed by atoms with van der Waals surface area (Å²) in [5.74, 6) is 1.17. The minimum absolute atomic E-state index is 0.0131. The normalized spacial score (nSPS) is 18.1. The number of hydrogen-bond acceptors (Lipinski definition) is 6. The highest BCUT2D eigenvalue weighted by molar-refractivity contribution is 6.32. The minimum Gasteiger partial charge on any atom is -0.493 e. The number of benzene rings is 1. The van der Waals surface area contributed by atoms with Gasteiger partial charge in [0.2, 0.25) is 5.88 Å². The fourth-order valence-corrected chi connectivity index (χ4v) is 4.99. The molecule has 0 unspecified atom stereocenters. The van der Waals surface area contributed by atoms with Gasteiger partial charge >= 0.3 is 0 Å². The smallest absolute Gasteiger partial charge is 0.255 e. The number of carbonyl (C=O) groups excluding carboxylic acids is 1. The van der Waals surface area contributed by atoms with Crippen molar-refractivity contribution in [3.8, 4) is 22.9 Å². The first kappa shape index (κ1) is 21.7. The van der Waals surface area contributed by atoms with E-state index in [0.717, 1.165) is 28.9 Å². The van der Waals surface area contributed by atoms with Crippen LogP contribution in [-0.4, -0.2) is 40.1 Å². The van der Waals surface area contributed by atoms with E-state index in [4.69, 9.17) is 26.1 Å². The Morgan fingerprint density at radius 3 is 2.86 bits per heavy atom. The van der Waals surface area contributed by atoms with Crippen LogP contribution in [0, 0.1) is 0 Å². The van der Waals surface area contributed by atoms with E-state index in [-0.39, 0.29) is 24.0 Å². The van der Waals surface area contributed by atoms with Gasteiger partial charge in [0.15, 0.2) is 5.75 Å². The number of aromatic amines is 1. The summed E-state index contributed by atoms with van der Waals surface area (Å²) in [7, 11) is 1.57. The maximum Gasteiger partial charge on any atom is 0.255 e. The van der Waals surface area contributed by atoms with Gasteiger partial charge in [-0.25, -0.2) is 4.98 Å². The third kappa shape index (κ3) is 3.65. The Hall–Kier alpha value is -3.78. The Morgan fingerprint density at radius 1 is 1.20 bits per heavy atom. The van der Waals surface area contributed by atoms with Crippen molar-refractivity contribution in [1.29, 1.82) is 0 Å². The van der Waals surface area contributed by atoms with E-state index < -0.39 is 0 Å². The second-order valence-corrected chi connectivity index (χ2v) is 9.48. The number of H-pyrrole nitrogens is 1. The summed E-state index contributed by atoms with van der Waals surface area (Å²) in [6, 6.07) is 11.2. The molecule has 1 saturated carbocycles. The number of halogens is 1. The molecule has 4 aromatic rings. The lowest BCUT2D eigenvalue weighted by atomic mass is 10.0. The first-order valence-electron chi connectivity index (χ1n) is 11.5. The van der Waals surface area contributed by atoms with Crippen LogP contribution in [0.4, 0.5) is 11.4 Å². The zero-order chi connectivity index (χ0) is 24.3. The zero-order valence-electron chi connectivity index (χ0n) is 19.5. The van der Waals surface area contributed by atoms with Gasteiger partial charge in [-0.05, 0) is 44.5 Å². The Morgan fingerprint density at radius 2 is 2.06 bits per heavy atom. The van der Waals surface area contributed by atoms with Gasteiger partial charge in [0.25, 0.3) is 5.91 Å². The monoisotopic (exact) mass is 489 g/mol. The molecule has 2 aliphatic rings. The van der Waals surface area contributed by atoms with Crippen molar-refractivity contribution in [3.63, 3.8) is 0 Å². The lowest BCUT2D eigenvalue weighted by molar-refractivity contribution is 0.0944. The number of anilines is 2. The molecule has 3 aromatic heterocycles. The molecule has 1 fully saturated rings. The largest absolute Gasteiger partial charge is 0.493 e. The molecule has 178 valence electrons. The van der Waals surface area contributed by atoms with E-state index in [0.29, 0.717) is 39.1 Å². The lowest BCUT2D eigenvalue weighted by Gasteiger charge is -2.17. The number of amides is 1. The molecule has 2 atom stereocenters. The Kier molecular flexibility index (Phi) is 5.07. The van der Waals surface area contributed by atoms with Gasteiger partial charge in [0.05, 0.1) is 46.4 Å². The van der Waals surface area contributed by atoms with Crippen LogP contribution in [0.1, 0.15) is 42.2 Å². The van der Waals surface area contributed by atoms with Crippen LogP contribution in [0.3, 0.4) is 0 Å². The number of carbonyl (C=O) groups is 1. The van der Waals surface area contributed by atoms with Gasteiger partial charge in [-0.2, -0.15) is 0 Å². The van der Waals surface area contributed by atoms with Crippen molar-refractivity contribution in [2.45, 2.75) is 38.3 Å². The summed E-state index contributed by atoms with van der Waals surface area (Å²) in [6.45, 7) is 3.92. The number of nitrogens with zero attached hydrogens (tertiary/aromatic N) is 2. The number of fused-ring (bicyclic) bond motifs is 4. The second kappa shape index (κ2) is 8.16. The fraction of sp³-hybridized carbons (Fsp3) is 0.269. The molecule has 6 rings (SSSR count). The van der Waals surface area contributed by atoms with E-state index >= 15 is 0 Å². The molecular weight excluding hydrogens is 466 g/mol. The highest BCUT2D eigenvalue weighted by Gasteiger charge is 2.48. The van der Waals surface area contributed by atoms with Gasteiger partial charge in [-0.3, -0.25) is 9.78 Å². The van der Waals surface area contributed by atoms with Crippen LogP contribution in [0.25, 0.3) is 22.3 Å². The Bertz CT molecular complexity index is 1480. The van der Waals surface area contributed by atoms with Crippen LogP contribution in [-0.2, 0) is 0 Å². The molecule has 1 amide bonds. The highest BCUT2D eigenvalue weighted by atomic mass is 35.5. The van der Waals surface area contributed by atoms with E-state index in [1.165, 1.54) is 0 Å². The van der Waals surface area contributed by atoms with Crippen LogP contribution in [0.15, 0.2) is 42.6 Å². The van der Waals surface area contributed by atoms with Crippen LogP contribution in [0.2, 0.25) is 5.02 Å². The summed E-state index contributed by atoms with van der Waals surface area (Å²) in [5.41, 5.74) is 5.80. The molecule has 3 N–H and O–H groups in total. The van der Waals surface area contributed by atoms with Gasteiger partial charge in [-0.1, -0.05) is 17.7 Å². The summed E-state index contributed by atoms with van der Waals surface area (Å²) >= 11 is 6.38. The summed E-state index contributed by atoms with van der Waals surface area (Å²) in [6.07, 6.45) is 2.65. The number of aromatic nitrogens is 3. The van der Waals surface area contributed by atoms with Crippen LogP contribution in [0.5, 0.6) is 11.6 Å². The molecule has 0 spiro atoms. The van der Waals surface area contributed by atoms with Gasteiger partial charge in [0, 0.05) is 35.5 Å². The summed E-state index contributed by atoms with van der Waals surface area (Å²) in [5, 5.41) is 7.02. The number of ether oxygens (including phenoxy) is 2. The lowest BCUT2D eigenvalue weighted by Crippen LogP contribution is -2.31. The van der Waals surface area contributed by atoms with E-state index in [2.05, 4.69) is 20.6 Å². The summed E-state index contributed by atoms with van der Waals surface area (Å²) < 4.78 is 11.4. The molecule has 1 aliphatic carbocycles. The van der Waals surface area contributed by atoms with Crippen molar-refractivity contribution in [2.75, 3.05) is 12.4 Å². The van der Waals surface area contributed by atoms with E-state index in [1.54, 1.807) is 19.4 Å². The van der Waals surface area contributed by atoms with E-state index in [1.807, 2.05) is 44.2 Å². The average Bonchev–Trinajstić information content (AvgIpc) is 3.50. The van der Waals surface area contributed by atoms with Crippen molar-refractivity contribution < 1.29 is 14.3 Å². The quantitative estimate of drug-likeness (QED) is 0.334. The number of hydrogen-bond donors (Lipinski definition) is 3. The molecule has 0 bridgehead atoms. The maximum absolute atomic E-state index is 13.2. The maximum atomic E-state index is 13.2. The predicted octanol–water partition coefficient (Wildman–Crippen LogP) is 5.42. The zero-order valence-corrected chi connectivity index (χ0v) is 20.2. The Balaban J connectivity index is 1.57. The molecule has 4 heterocycles. The molecule has 8 nitrogen and oxygen atoms in total. The topological polar surface area (TPSA) is 101 Å². The minimum atomic E-state index is -0.111. The van der Waals surface area contributed by atoms with Crippen molar-refractivity contribution in [1.82, 2.24) is 20.3 Å². The average molecular weight is 490 g/mol. The van der Waals surface area contributed by atoms with Crippen LogP contribution >= 0.6 is 11.6 Å². The standard InChI is InChI=1S/C26H24ClN5O3/c1-12(2)35-19-8-7-16-21(31-19)13(9-10-28-16)23-24(29-17-6-4-5-15(27)25(17)34-3)20-22(32-23)14-11-18(14)30-26(20)33/h4-10,12,14,18,29,32H,11H2,1-3H3,(H,30,33)/t14-,18+/m1/s1. The molecular formula is C26H24ClN5O3. The number of nitrogens with one attached hydrogen (secondary N) is 3. The number of rotatable bonds is 6. The Labute approximate surface area is 207 Å². The van der Waals surface area contributed by atoms with Crippen LogP contribution < -0.4 is 20.1 Å². The first-order chi connectivity index (χ1) is 16.9. The predicted molar refractivity (Wildman–Crippen MR) is 135 cm³/mol. The van der Waals surface area contributed by atoms with Crippen molar-refractivity contribution >= 4 is 39.9 Å². The van der Waals surface area contributed by atoms with E-state index in [9.17, 15) is 4.79 Å². The number of methoxy groups -OCH3 is 1. The SMILES string of the molecule is COc1c(Cl)cccc1Nc1c(-c2ccnc3ccc(OC(C)C)nc23)[nH]c2c1C(=O)N[C@H]1C[C@@H]21. The van der Waals surface area contributed by atoms with Gasteiger partial charge in [-0.15, -0.1) is 0 Å².